The molecule has 0 aliphatic carbocycles. The molecule has 1 N–H and O–H groups in total. The summed E-state index contributed by atoms with van der Waals surface area (Å²) in [5.74, 6) is 0.495. The SMILES string of the molecule is COc1ccc(C)cc1-c1csc(NC(=O)c2sc3ccccc3c2Cl)n1. The Hall–Kier alpha value is -2.41. The van der Waals surface area contributed by atoms with E-state index in [1.165, 1.54) is 22.7 Å². The second-order valence-electron chi connectivity index (χ2n) is 5.94. The summed E-state index contributed by atoms with van der Waals surface area (Å²) in [6, 6.07) is 13.6. The lowest BCUT2D eigenvalue weighted by atomic mass is 10.1. The molecular formula is C20H15ClN2O2S2. The fourth-order valence-corrected chi connectivity index (χ4v) is 4.91. The summed E-state index contributed by atoms with van der Waals surface area (Å²) in [6.07, 6.45) is 0. The van der Waals surface area contributed by atoms with Gasteiger partial charge in [-0.25, -0.2) is 4.98 Å². The number of thiophene rings is 1. The van der Waals surface area contributed by atoms with E-state index in [0.717, 1.165) is 32.7 Å². The largest absolute Gasteiger partial charge is 0.496 e. The Kier molecular flexibility index (Phi) is 4.86. The lowest BCUT2D eigenvalue weighted by molar-refractivity contribution is 0.103. The normalized spacial score (nSPS) is 10.9. The highest BCUT2D eigenvalue weighted by Gasteiger charge is 2.18. The number of thiazole rings is 1. The van der Waals surface area contributed by atoms with Gasteiger partial charge < -0.3 is 4.74 Å². The number of aryl methyl sites for hydroxylation is 1. The molecular weight excluding hydrogens is 400 g/mol. The predicted molar refractivity (Wildman–Crippen MR) is 114 cm³/mol. The van der Waals surface area contributed by atoms with E-state index in [1.54, 1.807) is 7.11 Å². The summed E-state index contributed by atoms with van der Waals surface area (Å²) in [4.78, 5) is 17.7. The first-order valence-electron chi connectivity index (χ1n) is 8.15. The number of ether oxygens (including phenoxy) is 1. The summed E-state index contributed by atoms with van der Waals surface area (Å²) in [7, 11) is 1.63. The summed E-state index contributed by atoms with van der Waals surface area (Å²) in [5.41, 5.74) is 2.77. The molecule has 4 nitrogen and oxygen atoms in total. The van der Waals surface area contributed by atoms with Gasteiger partial charge in [-0.15, -0.1) is 22.7 Å². The van der Waals surface area contributed by atoms with Gasteiger partial charge in [0.2, 0.25) is 0 Å². The van der Waals surface area contributed by atoms with Crippen molar-refractivity contribution in [2.45, 2.75) is 6.92 Å². The van der Waals surface area contributed by atoms with E-state index in [0.29, 0.717) is 15.0 Å². The summed E-state index contributed by atoms with van der Waals surface area (Å²) in [6.45, 7) is 2.02. The van der Waals surface area contributed by atoms with Crippen molar-refractivity contribution >= 4 is 55.4 Å². The highest BCUT2D eigenvalue weighted by molar-refractivity contribution is 7.21. The Morgan fingerprint density at radius 1 is 1.22 bits per heavy atom. The lowest BCUT2D eigenvalue weighted by Gasteiger charge is -2.07. The zero-order valence-corrected chi connectivity index (χ0v) is 17.0. The van der Waals surface area contributed by atoms with Crippen molar-refractivity contribution in [1.29, 1.82) is 0 Å². The summed E-state index contributed by atoms with van der Waals surface area (Å²) >= 11 is 9.14. The third-order valence-corrected chi connectivity index (χ3v) is 6.53. The molecule has 1 amide bonds. The topological polar surface area (TPSA) is 51.2 Å². The van der Waals surface area contributed by atoms with Gasteiger partial charge in [0.1, 0.15) is 10.6 Å². The number of methoxy groups -OCH3 is 1. The van der Waals surface area contributed by atoms with Crippen LogP contribution in [0.25, 0.3) is 21.3 Å². The number of nitrogens with one attached hydrogen (secondary N) is 1. The van der Waals surface area contributed by atoms with Crippen molar-refractivity contribution in [3.63, 3.8) is 0 Å². The van der Waals surface area contributed by atoms with Crippen LogP contribution in [-0.4, -0.2) is 18.0 Å². The molecule has 0 saturated heterocycles. The lowest BCUT2D eigenvalue weighted by Crippen LogP contribution is -2.10. The van der Waals surface area contributed by atoms with Crippen molar-refractivity contribution in [3.8, 4) is 17.0 Å². The van der Waals surface area contributed by atoms with Gasteiger partial charge in [-0.1, -0.05) is 41.4 Å². The molecule has 7 heteroatoms. The van der Waals surface area contributed by atoms with Gasteiger partial charge in [0, 0.05) is 21.0 Å². The molecule has 2 aromatic carbocycles. The van der Waals surface area contributed by atoms with Gasteiger partial charge in [-0.2, -0.15) is 0 Å². The van der Waals surface area contributed by atoms with Crippen LogP contribution in [-0.2, 0) is 0 Å². The van der Waals surface area contributed by atoms with Crippen LogP contribution in [0, 0.1) is 6.92 Å². The van der Waals surface area contributed by atoms with Crippen LogP contribution in [0.2, 0.25) is 5.02 Å². The van der Waals surface area contributed by atoms with Crippen molar-refractivity contribution in [1.82, 2.24) is 4.98 Å². The summed E-state index contributed by atoms with van der Waals surface area (Å²) < 4.78 is 6.41. The fourth-order valence-electron chi connectivity index (χ4n) is 2.79. The van der Waals surface area contributed by atoms with E-state index in [4.69, 9.17) is 16.3 Å². The Morgan fingerprint density at radius 3 is 2.81 bits per heavy atom. The molecule has 27 heavy (non-hydrogen) atoms. The fraction of sp³-hybridized carbons (Fsp3) is 0.100. The molecule has 0 fully saturated rings. The zero-order chi connectivity index (χ0) is 19.0. The minimum atomic E-state index is -0.252. The smallest absolute Gasteiger partial charge is 0.269 e. The Morgan fingerprint density at radius 2 is 2.04 bits per heavy atom. The number of rotatable bonds is 4. The third-order valence-electron chi connectivity index (χ3n) is 4.10. The van der Waals surface area contributed by atoms with Crippen LogP contribution in [0.4, 0.5) is 5.13 Å². The molecule has 0 aliphatic rings. The number of carbonyl (C=O) groups is 1. The number of amides is 1. The Labute approximate surface area is 169 Å². The van der Waals surface area contributed by atoms with Crippen molar-refractivity contribution in [2.24, 2.45) is 0 Å². The molecule has 2 aromatic heterocycles. The van der Waals surface area contributed by atoms with E-state index in [2.05, 4.69) is 10.3 Å². The number of nitrogens with zero attached hydrogens (tertiary/aromatic N) is 1. The standard InChI is InChI=1S/C20H15ClN2O2S2/c1-11-7-8-15(25-2)13(9-11)14-10-26-20(22-14)23-19(24)18-17(21)12-5-3-4-6-16(12)27-18/h3-10H,1-2H3,(H,22,23,24). The zero-order valence-electron chi connectivity index (χ0n) is 14.6. The number of benzene rings is 2. The maximum Gasteiger partial charge on any atom is 0.269 e. The molecule has 0 unspecified atom stereocenters. The van der Waals surface area contributed by atoms with E-state index < -0.39 is 0 Å². The van der Waals surface area contributed by atoms with E-state index in [1.807, 2.05) is 54.8 Å². The van der Waals surface area contributed by atoms with E-state index >= 15 is 0 Å². The van der Waals surface area contributed by atoms with Gasteiger partial charge in [-0.05, 0) is 25.1 Å². The highest BCUT2D eigenvalue weighted by Crippen LogP contribution is 2.36. The molecule has 0 radical (unpaired) electrons. The predicted octanol–water partition coefficient (Wildman–Crippen LogP) is 6.25. The molecule has 0 bridgehead atoms. The minimum absolute atomic E-state index is 0.252. The highest BCUT2D eigenvalue weighted by atomic mass is 35.5. The second-order valence-corrected chi connectivity index (χ2v) is 8.23. The monoisotopic (exact) mass is 414 g/mol. The van der Waals surface area contributed by atoms with Gasteiger partial charge in [0.05, 0.1) is 17.8 Å². The third kappa shape index (κ3) is 3.43. The van der Waals surface area contributed by atoms with Crippen LogP contribution >= 0.6 is 34.3 Å². The van der Waals surface area contributed by atoms with Crippen molar-refractivity contribution in [2.75, 3.05) is 12.4 Å². The number of halogens is 1. The number of fused-ring (bicyclic) bond motifs is 1. The van der Waals surface area contributed by atoms with Crippen molar-refractivity contribution in [3.05, 3.63) is 63.3 Å². The van der Waals surface area contributed by atoms with Crippen LogP contribution in [0.3, 0.4) is 0 Å². The number of hydrogen-bond acceptors (Lipinski definition) is 5. The first-order valence-corrected chi connectivity index (χ1v) is 10.2. The van der Waals surface area contributed by atoms with Crippen LogP contribution in [0.5, 0.6) is 5.75 Å². The minimum Gasteiger partial charge on any atom is -0.496 e. The van der Waals surface area contributed by atoms with E-state index in [9.17, 15) is 4.79 Å². The maximum atomic E-state index is 12.7. The first-order chi connectivity index (χ1) is 13.1. The molecule has 2 heterocycles. The molecule has 0 atom stereocenters. The molecule has 0 spiro atoms. The average molecular weight is 415 g/mol. The van der Waals surface area contributed by atoms with Crippen molar-refractivity contribution < 1.29 is 9.53 Å². The van der Waals surface area contributed by atoms with E-state index in [-0.39, 0.29) is 5.91 Å². The Balaban J connectivity index is 1.62. The summed E-state index contributed by atoms with van der Waals surface area (Å²) in [5, 5.41) is 6.64. The molecule has 4 rings (SSSR count). The molecule has 136 valence electrons. The average Bonchev–Trinajstić information content (AvgIpc) is 3.27. The number of carbonyl (C=O) groups excluding carboxylic acids is 1. The quantitative estimate of drug-likeness (QED) is 0.429. The van der Waals surface area contributed by atoms with Crippen LogP contribution < -0.4 is 10.1 Å². The van der Waals surface area contributed by atoms with Gasteiger partial charge in [0.25, 0.3) is 5.91 Å². The molecule has 0 saturated carbocycles. The van der Waals surface area contributed by atoms with Gasteiger partial charge >= 0.3 is 0 Å². The molecule has 4 aromatic rings. The maximum absolute atomic E-state index is 12.7. The van der Waals surface area contributed by atoms with Gasteiger partial charge in [-0.3, -0.25) is 10.1 Å². The molecule has 0 aliphatic heterocycles. The van der Waals surface area contributed by atoms with Crippen LogP contribution in [0.15, 0.2) is 47.8 Å². The number of hydrogen-bond donors (Lipinski definition) is 1. The number of aromatic nitrogens is 1. The van der Waals surface area contributed by atoms with Crippen LogP contribution in [0.1, 0.15) is 15.2 Å². The number of anilines is 1. The Bertz CT molecular complexity index is 1150. The second kappa shape index (κ2) is 7.31. The van der Waals surface area contributed by atoms with Gasteiger partial charge in [0.15, 0.2) is 5.13 Å². The first kappa shape index (κ1) is 18.0.